The van der Waals surface area contributed by atoms with Crippen molar-refractivity contribution in [3.8, 4) is 0 Å². The quantitative estimate of drug-likeness (QED) is 0.788. The maximum absolute atomic E-state index is 12.1. The van der Waals surface area contributed by atoms with Crippen LogP contribution in [0.15, 0.2) is 0 Å². The fraction of sp³-hybridized carbons (Fsp3) is 0.950. The second-order valence-electron chi connectivity index (χ2n) is 9.19. The van der Waals surface area contributed by atoms with Crippen LogP contribution >= 0.6 is 0 Å². The molecule has 0 amide bonds. The van der Waals surface area contributed by atoms with Crippen molar-refractivity contribution in [1.82, 2.24) is 0 Å². The summed E-state index contributed by atoms with van der Waals surface area (Å²) in [5, 5.41) is 9.99. The maximum atomic E-state index is 12.1. The Bertz CT molecular complexity index is 459. The standard InChI is InChI=1S/C20H32O2/c1-12(21)18-7-8-19-17-5-3-13-11-14(22)4-6-15(13)16(17)9-10-20(18,19)2/h13-19,22H,3-11H2,1-2H3/t13-,14-,15+,16-,17-,18+,19+,20-/m1/s1. The van der Waals surface area contributed by atoms with Crippen LogP contribution in [0, 0.1) is 40.9 Å². The van der Waals surface area contributed by atoms with Crippen molar-refractivity contribution >= 4 is 5.78 Å². The first-order chi connectivity index (χ1) is 10.5. The van der Waals surface area contributed by atoms with Gasteiger partial charge in [-0.2, -0.15) is 0 Å². The number of rotatable bonds is 1. The van der Waals surface area contributed by atoms with Crippen LogP contribution < -0.4 is 0 Å². The zero-order valence-corrected chi connectivity index (χ0v) is 14.3. The van der Waals surface area contributed by atoms with E-state index in [4.69, 9.17) is 0 Å². The number of hydrogen-bond acceptors (Lipinski definition) is 2. The van der Waals surface area contributed by atoms with E-state index in [0.29, 0.717) is 17.1 Å². The van der Waals surface area contributed by atoms with Crippen LogP contribution in [0.3, 0.4) is 0 Å². The lowest BCUT2D eigenvalue weighted by Crippen LogP contribution is -2.49. The Balaban J connectivity index is 1.56. The zero-order chi connectivity index (χ0) is 15.5. The van der Waals surface area contributed by atoms with Gasteiger partial charge in [-0.25, -0.2) is 0 Å². The van der Waals surface area contributed by atoms with Crippen LogP contribution in [0.1, 0.15) is 71.6 Å². The van der Waals surface area contributed by atoms with Gasteiger partial charge in [-0.15, -0.1) is 0 Å². The number of hydrogen-bond donors (Lipinski definition) is 1. The van der Waals surface area contributed by atoms with Crippen molar-refractivity contribution in [3.63, 3.8) is 0 Å². The van der Waals surface area contributed by atoms with E-state index in [-0.39, 0.29) is 6.10 Å². The molecule has 2 nitrogen and oxygen atoms in total. The Morgan fingerprint density at radius 3 is 2.50 bits per heavy atom. The van der Waals surface area contributed by atoms with Gasteiger partial charge in [0.05, 0.1) is 6.10 Å². The van der Waals surface area contributed by atoms with Crippen molar-refractivity contribution in [2.24, 2.45) is 40.9 Å². The second kappa shape index (κ2) is 5.33. The second-order valence-corrected chi connectivity index (χ2v) is 9.19. The number of aliphatic hydroxyl groups excluding tert-OH is 1. The van der Waals surface area contributed by atoms with Gasteiger partial charge in [-0.3, -0.25) is 4.79 Å². The molecule has 2 heteroatoms. The Labute approximate surface area is 135 Å². The highest BCUT2D eigenvalue weighted by Gasteiger charge is 2.57. The minimum absolute atomic E-state index is 0.0276. The molecule has 22 heavy (non-hydrogen) atoms. The maximum Gasteiger partial charge on any atom is 0.133 e. The Hall–Kier alpha value is -0.370. The SMILES string of the molecule is CC(=O)[C@@H]1CC[C@H]2[C@@H]3CC[C@@H]4C[C@H](O)CC[C@@H]4[C@H]3CC[C@]12C. The molecule has 0 heterocycles. The first-order valence-corrected chi connectivity index (χ1v) is 9.69. The Kier molecular flexibility index (Phi) is 3.67. The van der Waals surface area contributed by atoms with Crippen LogP contribution in [0.2, 0.25) is 0 Å². The van der Waals surface area contributed by atoms with Gasteiger partial charge in [-0.05, 0) is 99.7 Å². The summed E-state index contributed by atoms with van der Waals surface area (Å²) in [7, 11) is 0. The Morgan fingerprint density at radius 2 is 1.73 bits per heavy atom. The molecule has 0 saturated heterocycles. The monoisotopic (exact) mass is 304 g/mol. The highest BCUT2D eigenvalue weighted by Crippen LogP contribution is 2.64. The Morgan fingerprint density at radius 1 is 0.955 bits per heavy atom. The number of Topliss-reactive ketones (excluding diaryl/α,β-unsaturated/α-hetero) is 1. The third kappa shape index (κ3) is 2.12. The van der Waals surface area contributed by atoms with E-state index in [1.54, 1.807) is 0 Å². The molecule has 8 atom stereocenters. The summed E-state index contributed by atoms with van der Waals surface area (Å²) in [4.78, 5) is 12.1. The zero-order valence-electron chi connectivity index (χ0n) is 14.3. The first kappa shape index (κ1) is 15.2. The summed E-state index contributed by atoms with van der Waals surface area (Å²) < 4.78 is 0. The number of aliphatic hydroxyl groups is 1. The summed E-state index contributed by atoms with van der Waals surface area (Å²) in [6.07, 6.45) is 11.1. The summed E-state index contributed by atoms with van der Waals surface area (Å²) >= 11 is 0. The lowest BCUT2D eigenvalue weighted by Gasteiger charge is -2.56. The molecule has 0 spiro atoms. The van der Waals surface area contributed by atoms with Crippen LogP contribution in [-0.4, -0.2) is 17.0 Å². The average molecular weight is 304 g/mol. The van der Waals surface area contributed by atoms with Gasteiger partial charge in [0.15, 0.2) is 0 Å². The third-order valence-electron chi connectivity index (χ3n) is 8.42. The number of carbonyl (C=O) groups excluding carboxylic acids is 1. The predicted octanol–water partition coefficient (Wildman–Crippen LogP) is 4.21. The molecule has 4 rings (SSSR count). The van der Waals surface area contributed by atoms with E-state index < -0.39 is 0 Å². The smallest absolute Gasteiger partial charge is 0.133 e. The van der Waals surface area contributed by atoms with E-state index in [1.807, 2.05) is 6.92 Å². The van der Waals surface area contributed by atoms with Crippen molar-refractivity contribution in [2.45, 2.75) is 77.7 Å². The van der Waals surface area contributed by atoms with Crippen LogP contribution in [0.25, 0.3) is 0 Å². The van der Waals surface area contributed by atoms with Gasteiger partial charge < -0.3 is 5.11 Å². The molecule has 4 aliphatic carbocycles. The predicted molar refractivity (Wildman–Crippen MR) is 87.3 cm³/mol. The van der Waals surface area contributed by atoms with Crippen LogP contribution in [0.4, 0.5) is 0 Å². The van der Waals surface area contributed by atoms with Crippen molar-refractivity contribution in [3.05, 3.63) is 0 Å². The van der Waals surface area contributed by atoms with Crippen LogP contribution in [0.5, 0.6) is 0 Å². The molecule has 0 aromatic heterocycles. The molecule has 4 fully saturated rings. The fourth-order valence-electron chi connectivity index (χ4n) is 7.50. The fourth-order valence-corrected chi connectivity index (χ4v) is 7.50. The van der Waals surface area contributed by atoms with E-state index in [2.05, 4.69) is 6.92 Å². The number of ketones is 1. The van der Waals surface area contributed by atoms with E-state index in [0.717, 1.165) is 48.9 Å². The molecule has 0 aromatic carbocycles. The normalized spacial score (nSPS) is 54.2. The van der Waals surface area contributed by atoms with Gasteiger partial charge in [0.2, 0.25) is 0 Å². The molecule has 1 N–H and O–H groups in total. The van der Waals surface area contributed by atoms with Gasteiger partial charge >= 0.3 is 0 Å². The highest BCUT2D eigenvalue weighted by molar-refractivity contribution is 5.79. The van der Waals surface area contributed by atoms with E-state index in [9.17, 15) is 9.90 Å². The average Bonchev–Trinajstić information content (AvgIpc) is 2.84. The molecular weight excluding hydrogens is 272 g/mol. The highest BCUT2D eigenvalue weighted by atomic mass is 16.3. The largest absolute Gasteiger partial charge is 0.393 e. The molecule has 4 aliphatic rings. The summed E-state index contributed by atoms with van der Waals surface area (Å²) in [5.41, 5.74) is 0.300. The van der Waals surface area contributed by atoms with Crippen LogP contribution in [-0.2, 0) is 4.79 Å². The van der Waals surface area contributed by atoms with Gasteiger partial charge in [-0.1, -0.05) is 6.92 Å². The summed E-state index contributed by atoms with van der Waals surface area (Å²) in [6, 6.07) is 0. The molecule has 124 valence electrons. The molecular formula is C20H32O2. The topological polar surface area (TPSA) is 37.3 Å². The molecule has 0 aromatic rings. The van der Waals surface area contributed by atoms with Crippen molar-refractivity contribution in [2.75, 3.05) is 0 Å². The number of carbonyl (C=O) groups is 1. The van der Waals surface area contributed by atoms with Crippen molar-refractivity contribution in [1.29, 1.82) is 0 Å². The summed E-state index contributed by atoms with van der Waals surface area (Å²) in [6.45, 7) is 4.26. The van der Waals surface area contributed by atoms with Gasteiger partial charge in [0, 0.05) is 5.92 Å². The summed E-state index contributed by atoms with van der Waals surface area (Å²) in [5.74, 6) is 5.02. The molecule has 0 unspecified atom stereocenters. The van der Waals surface area contributed by atoms with Gasteiger partial charge in [0.1, 0.15) is 5.78 Å². The van der Waals surface area contributed by atoms with E-state index >= 15 is 0 Å². The van der Waals surface area contributed by atoms with E-state index in [1.165, 1.54) is 38.5 Å². The molecule has 4 saturated carbocycles. The number of fused-ring (bicyclic) bond motifs is 5. The first-order valence-electron chi connectivity index (χ1n) is 9.69. The lowest BCUT2D eigenvalue weighted by atomic mass is 9.49. The molecule has 0 radical (unpaired) electrons. The molecule has 0 bridgehead atoms. The third-order valence-corrected chi connectivity index (χ3v) is 8.42. The molecule has 0 aliphatic heterocycles. The van der Waals surface area contributed by atoms with Crippen molar-refractivity contribution < 1.29 is 9.90 Å². The van der Waals surface area contributed by atoms with Gasteiger partial charge in [0.25, 0.3) is 0 Å². The minimum atomic E-state index is -0.0276. The minimum Gasteiger partial charge on any atom is -0.393 e. The lowest BCUT2D eigenvalue weighted by molar-refractivity contribution is -0.128.